The summed E-state index contributed by atoms with van der Waals surface area (Å²) in [4.78, 5) is 14.7. The molecule has 1 atom stereocenters. The fourth-order valence-electron chi connectivity index (χ4n) is 2.90. The summed E-state index contributed by atoms with van der Waals surface area (Å²) in [5, 5.41) is 3.27. The van der Waals surface area contributed by atoms with E-state index in [1.807, 2.05) is 30.0 Å². The van der Waals surface area contributed by atoms with Crippen molar-refractivity contribution in [2.24, 2.45) is 5.92 Å². The van der Waals surface area contributed by atoms with E-state index in [9.17, 15) is 4.79 Å². The third-order valence-corrected chi connectivity index (χ3v) is 4.08. The minimum atomic E-state index is 0.0463. The molecular weight excluding hydrogens is 268 g/mol. The molecule has 2 aliphatic rings. The Morgan fingerprint density at radius 1 is 1.43 bits per heavy atom. The number of amides is 1. The van der Waals surface area contributed by atoms with E-state index < -0.39 is 0 Å². The van der Waals surface area contributed by atoms with Gasteiger partial charge in [0.2, 0.25) is 0 Å². The van der Waals surface area contributed by atoms with Gasteiger partial charge in [-0.1, -0.05) is 6.07 Å². The Morgan fingerprint density at radius 2 is 2.33 bits per heavy atom. The fraction of sp³-hybridized carbons (Fsp3) is 0.562. The number of carbonyl (C=O) groups excluding carboxylic acids is 1. The first kappa shape index (κ1) is 14.2. The Balaban J connectivity index is 1.79. The Kier molecular flexibility index (Phi) is 4.29. The van der Waals surface area contributed by atoms with E-state index in [2.05, 4.69) is 5.32 Å². The van der Waals surface area contributed by atoms with Crippen LogP contribution in [0, 0.1) is 5.92 Å². The lowest BCUT2D eigenvalue weighted by Crippen LogP contribution is -2.36. The molecule has 1 N–H and O–H groups in total. The van der Waals surface area contributed by atoms with Gasteiger partial charge in [-0.25, -0.2) is 0 Å². The topological polar surface area (TPSA) is 50.8 Å². The lowest BCUT2D eigenvalue weighted by molar-refractivity contribution is 0.0726. The molecule has 0 radical (unpaired) electrons. The molecule has 2 aliphatic heterocycles. The SMILES string of the molecule is CCN(CC1CCOC1)C(=O)c1cccc2c1OCCN2. The molecule has 5 heteroatoms. The van der Waals surface area contributed by atoms with Crippen molar-refractivity contribution >= 4 is 11.6 Å². The van der Waals surface area contributed by atoms with E-state index in [4.69, 9.17) is 9.47 Å². The Morgan fingerprint density at radius 3 is 3.10 bits per heavy atom. The molecule has 1 aromatic carbocycles. The standard InChI is InChI=1S/C16H22N2O3/c1-2-18(10-12-6-8-20-11-12)16(19)13-4-3-5-14-15(13)21-9-7-17-14/h3-5,12,17H,2,6-11H2,1H3. The van der Waals surface area contributed by atoms with Crippen molar-refractivity contribution in [3.05, 3.63) is 23.8 Å². The van der Waals surface area contributed by atoms with Crippen LogP contribution in [0.1, 0.15) is 23.7 Å². The lowest BCUT2D eigenvalue weighted by atomic mass is 10.1. The van der Waals surface area contributed by atoms with Gasteiger partial charge in [-0.15, -0.1) is 0 Å². The normalized spacial score (nSPS) is 20.3. The van der Waals surface area contributed by atoms with Crippen LogP contribution in [-0.4, -0.2) is 50.3 Å². The Bertz CT molecular complexity index is 512. The molecule has 0 aliphatic carbocycles. The van der Waals surface area contributed by atoms with E-state index in [0.717, 1.165) is 38.4 Å². The summed E-state index contributed by atoms with van der Waals surface area (Å²) in [6, 6.07) is 5.70. The quantitative estimate of drug-likeness (QED) is 0.921. The van der Waals surface area contributed by atoms with Crippen molar-refractivity contribution in [3.63, 3.8) is 0 Å². The molecule has 0 bridgehead atoms. The molecule has 114 valence electrons. The highest BCUT2D eigenvalue weighted by Crippen LogP contribution is 2.32. The van der Waals surface area contributed by atoms with E-state index in [1.54, 1.807) is 0 Å². The van der Waals surface area contributed by atoms with Gasteiger partial charge in [-0.05, 0) is 25.5 Å². The van der Waals surface area contributed by atoms with Crippen LogP contribution in [0.25, 0.3) is 0 Å². The van der Waals surface area contributed by atoms with Gasteiger partial charge in [0, 0.05) is 32.2 Å². The van der Waals surface area contributed by atoms with E-state index in [1.165, 1.54) is 0 Å². The highest BCUT2D eigenvalue weighted by atomic mass is 16.5. The van der Waals surface area contributed by atoms with Crippen LogP contribution >= 0.6 is 0 Å². The Hall–Kier alpha value is -1.75. The molecular formula is C16H22N2O3. The number of rotatable bonds is 4. The summed E-state index contributed by atoms with van der Waals surface area (Å²) in [5.41, 5.74) is 1.56. The van der Waals surface area contributed by atoms with Crippen LogP contribution < -0.4 is 10.1 Å². The number of nitrogens with zero attached hydrogens (tertiary/aromatic N) is 1. The van der Waals surface area contributed by atoms with Crippen molar-refractivity contribution in [1.82, 2.24) is 4.90 Å². The van der Waals surface area contributed by atoms with Crippen LogP contribution in [0.5, 0.6) is 5.75 Å². The molecule has 1 unspecified atom stereocenters. The largest absolute Gasteiger partial charge is 0.489 e. The minimum Gasteiger partial charge on any atom is -0.489 e. The van der Waals surface area contributed by atoms with Gasteiger partial charge in [0.1, 0.15) is 6.61 Å². The molecule has 1 saturated heterocycles. The van der Waals surface area contributed by atoms with Gasteiger partial charge < -0.3 is 19.7 Å². The zero-order chi connectivity index (χ0) is 14.7. The molecule has 1 aromatic rings. The number of ether oxygens (including phenoxy) is 2. The molecule has 3 rings (SSSR count). The van der Waals surface area contributed by atoms with E-state index in [-0.39, 0.29) is 5.91 Å². The van der Waals surface area contributed by atoms with Gasteiger partial charge in [0.25, 0.3) is 5.91 Å². The average molecular weight is 290 g/mol. The smallest absolute Gasteiger partial charge is 0.257 e. The maximum Gasteiger partial charge on any atom is 0.257 e. The number of hydrogen-bond acceptors (Lipinski definition) is 4. The van der Waals surface area contributed by atoms with Gasteiger partial charge >= 0.3 is 0 Å². The van der Waals surface area contributed by atoms with Crippen LogP contribution in [0.3, 0.4) is 0 Å². The maximum atomic E-state index is 12.8. The first-order valence-corrected chi connectivity index (χ1v) is 7.66. The Labute approximate surface area is 125 Å². The number of hydrogen-bond donors (Lipinski definition) is 1. The third kappa shape index (κ3) is 2.97. The zero-order valence-electron chi connectivity index (χ0n) is 12.4. The summed E-state index contributed by atoms with van der Waals surface area (Å²) in [5.74, 6) is 1.19. The van der Waals surface area contributed by atoms with Gasteiger partial charge in [0.15, 0.2) is 5.75 Å². The second-order valence-corrected chi connectivity index (χ2v) is 5.53. The average Bonchev–Trinajstić information content (AvgIpc) is 3.04. The monoisotopic (exact) mass is 290 g/mol. The number of benzene rings is 1. The molecule has 1 amide bonds. The van der Waals surface area contributed by atoms with Crippen molar-refractivity contribution in [2.75, 3.05) is 44.8 Å². The predicted octanol–water partition coefficient (Wildman–Crippen LogP) is 1.99. The van der Waals surface area contributed by atoms with Gasteiger partial charge in [0.05, 0.1) is 17.9 Å². The van der Waals surface area contributed by atoms with E-state index >= 15 is 0 Å². The molecule has 5 nitrogen and oxygen atoms in total. The summed E-state index contributed by atoms with van der Waals surface area (Å²) in [7, 11) is 0. The number of carbonyl (C=O) groups is 1. The highest BCUT2D eigenvalue weighted by Gasteiger charge is 2.26. The van der Waals surface area contributed by atoms with E-state index in [0.29, 0.717) is 30.4 Å². The fourth-order valence-corrected chi connectivity index (χ4v) is 2.90. The van der Waals surface area contributed by atoms with Crippen molar-refractivity contribution in [1.29, 1.82) is 0 Å². The first-order valence-electron chi connectivity index (χ1n) is 7.66. The highest BCUT2D eigenvalue weighted by molar-refractivity contribution is 5.99. The summed E-state index contributed by atoms with van der Waals surface area (Å²) in [6.45, 7) is 6.42. The van der Waals surface area contributed by atoms with Crippen molar-refractivity contribution in [3.8, 4) is 5.75 Å². The third-order valence-electron chi connectivity index (χ3n) is 4.08. The van der Waals surface area contributed by atoms with Crippen LogP contribution in [0.4, 0.5) is 5.69 Å². The number of fused-ring (bicyclic) bond motifs is 1. The van der Waals surface area contributed by atoms with Crippen molar-refractivity contribution < 1.29 is 14.3 Å². The number of nitrogens with one attached hydrogen (secondary N) is 1. The molecule has 21 heavy (non-hydrogen) atoms. The first-order chi connectivity index (χ1) is 10.3. The van der Waals surface area contributed by atoms with Crippen molar-refractivity contribution in [2.45, 2.75) is 13.3 Å². The molecule has 0 saturated carbocycles. The van der Waals surface area contributed by atoms with Crippen LogP contribution in [0.15, 0.2) is 18.2 Å². The molecule has 2 heterocycles. The molecule has 0 spiro atoms. The maximum absolute atomic E-state index is 12.8. The second kappa shape index (κ2) is 6.35. The van der Waals surface area contributed by atoms with Crippen LogP contribution in [0.2, 0.25) is 0 Å². The van der Waals surface area contributed by atoms with Crippen LogP contribution in [-0.2, 0) is 4.74 Å². The predicted molar refractivity (Wildman–Crippen MR) is 80.9 cm³/mol. The number of para-hydroxylation sites is 1. The van der Waals surface area contributed by atoms with Gasteiger partial charge in [-0.3, -0.25) is 4.79 Å². The molecule has 0 aromatic heterocycles. The second-order valence-electron chi connectivity index (χ2n) is 5.53. The number of anilines is 1. The molecule has 1 fully saturated rings. The minimum absolute atomic E-state index is 0.0463. The summed E-state index contributed by atoms with van der Waals surface area (Å²) in [6.07, 6.45) is 1.04. The zero-order valence-corrected chi connectivity index (χ0v) is 12.4. The summed E-state index contributed by atoms with van der Waals surface area (Å²) >= 11 is 0. The van der Waals surface area contributed by atoms with Gasteiger partial charge in [-0.2, -0.15) is 0 Å². The summed E-state index contributed by atoms with van der Waals surface area (Å²) < 4.78 is 11.1. The lowest BCUT2D eigenvalue weighted by Gasteiger charge is -2.27.